The zero-order chi connectivity index (χ0) is 23.7. The lowest BCUT2D eigenvalue weighted by atomic mass is 10.0. The van der Waals surface area contributed by atoms with Gasteiger partial charge in [0, 0.05) is 30.4 Å². The first kappa shape index (κ1) is 24.8. The molecule has 172 valence electrons. The number of nitrogens with zero attached hydrogens (tertiary/aromatic N) is 2. The van der Waals surface area contributed by atoms with Gasteiger partial charge in [-0.15, -0.1) is 0 Å². The Balaban J connectivity index is 2.10. The smallest absolute Gasteiger partial charge is 0.262 e. The highest BCUT2D eigenvalue weighted by atomic mass is 19.1. The summed E-state index contributed by atoms with van der Waals surface area (Å²) < 4.78 is 19.3. The molecule has 0 radical (unpaired) electrons. The zero-order valence-corrected chi connectivity index (χ0v) is 19.2. The van der Waals surface area contributed by atoms with Gasteiger partial charge in [-0.2, -0.15) is 5.10 Å². The van der Waals surface area contributed by atoms with Crippen molar-refractivity contribution in [1.29, 1.82) is 0 Å². The summed E-state index contributed by atoms with van der Waals surface area (Å²) in [5, 5.41) is 6.60. The lowest BCUT2D eigenvalue weighted by Gasteiger charge is -2.22. The molecule has 0 bridgehead atoms. The van der Waals surface area contributed by atoms with E-state index in [1.54, 1.807) is 27.0 Å². The number of halogens is 1. The standard InChI is InChI=1S/C24H31FN4O3/c1-6-29(7-2)18-13-12-17(21(14-18)32-5)15-26-28-24(31)22(16(3)4)27-23(30)19-10-8-9-11-20(19)25/h8-16,22H,6-7H2,1-5H3,(H,27,30)(H,28,31). The number of hydrogen-bond acceptors (Lipinski definition) is 5. The van der Waals surface area contributed by atoms with Crippen LogP contribution in [-0.4, -0.2) is 44.3 Å². The monoisotopic (exact) mass is 442 g/mol. The van der Waals surface area contributed by atoms with Crippen LogP contribution in [0.25, 0.3) is 0 Å². The van der Waals surface area contributed by atoms with Crippen molar-refractivity contribution in [3.8, 4) is 5.75 Å². The molecule has 2 rings (SSSR count). The minimum absolute atomic E-state index is 0.118. The number of carbonyl (C=O) groups excluding carboxylic acids is 2. The number of nitrogens with one attached hydrogen (secondary N) is 2. The minimum Gasteiger partial charge on any atom is -0.496 e. The highest BCUT2D eigenvalue weighted by molar-refractivity contribution is 5.98. The van der Waals surface area contributed by atoms with Gasteiger partial charge in [0.1, 0.15) is 17.6 Å². The summed E-state index contributed by atoms with van der Waals surface area (Å²) in [6.45, 7) is 9.47. The summed E-state index contributed by atoms with van der Waals surface area (Å²) in [5.74, 6) is -1.41. The quantitative estimate of drug-likeness (QED) is 0.435. The van der Waals surface area contributed by atoms with Crippen molar-refractivity contribution >= 4 is 23.7 Å². The molecule has 32 heavy (non-hydrogen) atoms. The van der Waals surface area contributed by atoms with Gasteiger partial charge < -0.3 is 15.0 Å². The van der Waals surface area contributed by atoms with Gasteiger partial charge in [0.05, 0.1) is 18.9 Å². The average molecular weight is 443 g/mol. The van der Waals surface area contributed by atoms with Crippen LogP contribution in [0.4, 0.5) is 10.1 Å². The number of hydrazone groups is 1. The molecule has 0 aliphatic heterocycles. The van der Waals surface area contributed by atoms with Crippen LogP contribution in [0, 0.1) is 11.7 Å². The van der Waals surface area contributed by atoms with Crippen molar-refractivity contribution in [3.05, 3.63) is 59.4 Å². The molecule has 1 atom stereocenters. The molecule has 0 aliphatic rings. The van der Waals surface area contributed by atoms with E-state index in [9.17, 15) is 14.0 Å². The third-order valence-corrected chi connectivity index (χ3v) is 5.08. The number of hydrogen-bond donors (Lipinski definition) is 2. The van der Waals surface area contributed by atoms with Crippen LogP contribution in [-0.2, 0) is 4.79 Å². The predicted molar refractivity (Wildman–Crippen MR) is 125 cm³/mol. The fraction of sp³-hybridized carbons (Fsp3) is 0.375. The fourth-order valence-electron chi connectivity index (χ4n) is 3.23. The summed E-state index contributed by atoms with van der Waals surface area (Å²) >= 11 is 0. The second-order valence-electron chi connectivity index (χ2n) is 7.51. The summed E-state index contributed by atoms with van der Waals surface area (Å²) in [4.78, 5) is 27.2. The Morgan fingerprint density at radius 3 is 2.44 bits per heavy atom. The molecule has 0 aromatic heterocycles. The number of ether oxygens (including phenoxy) is 1. The zero-order valence-electron chi connectivity index (χ0n) is 19.2. The highest BCUT2D eigenvalue weighted by Gasteiger charge is 2.25. The Morgan fingerprint density at radius 2 is 1.84 bits per heavy atom. The van der Waals surface area contributed by atoms with Crippen molar-refractivity contribution in [1.82, 2.24) is 10.7 Å². The van der Waals surface area contributed by atoms with Crippen molar-refractivity contribution in [2.45, 2.75) is 33.7 Å². The number of carbonyl (C=O) groups is 2. The summed E-state index contributed by atoms with van der Waals surface area (Å²) in [7, 11) is 1.57. The lowest BCUT2D eigenvalue weighted by molar-refractivity contribution is -0.123. The molecule has 7 nitrogen and oxygen atoms in total. The van der Waals surface area contributed by atoms with E-state index in [0.29, 0.717) is 11.3 Å². The lowest BCUT2D eigenvalue weighted by Crippen LogP contribution is -2.48. The third kappa shape index (κ3) is 6.29. The number of anilines is 1. The molecule has 2 N–H and O–H groups in total. The van der Waals surface area contributed by atoms with Gasteiger partial charge >= 0.3 is 0 Å². The molecule has 0 fully saturated rings. The van der Waals surface area contributed by atoms with Gasteiger partial charge in [-0.05, 0) is 44.0 Å². The molecule has 2 aromatic carbocycles. The summed E-state index contributed by atoms with van der Waals surface area (Å²) in [6.07, 6.45) is 1.48. The van der Waals surface area contributed by atoms with Gasteiger partial charge in [-0.1, -0.05) is 26.0 Å². The third-order valence-electron chi connectivity index (χ3n) is 5.08. The van der Waals surface area contributed by atoms with E-state index in [4.69, 9.17) is 4.74 Å². The number of rotatable bonds is 10. The summed E-state index contributed by atoms with van der Waals surface area (Å²) in [6, 6.07) is 10.5. The molecule has 8 heteroatoms. The van der Waals surface area contributed by atoms with Crippen molar-refractivity contribution in [2.75, 3.05) is 25.1 Å². The molecular formula is C24H31FN4O3. The molecule has 0 heterocycles. The maximum atomic E-state index is 13.9. The Bertz CT molecular complexity index is 958. The minimum atomic E-state index is -0.883. The average Bonchev–Trinajstić information content (AvgIpc) is 2.78. The van der Waals surface area contributed by atoms with Crippen LogP contribution in [0.1, 0.15) is 43.6 Å². The molecule has 2 amide bonds. The van der Waals surface area contributed by atoms with E-state index in [1.807, 2.05) is 18.2 Å². The normalized spacial score (nSPS) is 12.0. The van der Waals surface area contributed by atoms with E-state index in [-0.39, 0.29) is 11.5 Å². The van der Waals surface area contributed by atoms with Gasteiger partial charge in [0.25, 0.3) is 11.8 Å². The molecular weight excluding hydrogens is 411 g/mol. The maximum absolute atomic E-state index is 13.9. The van der Waals surface area contributed by atoms with Gasteiger partial charge in [0.15, 0.2) is 0 Å². The van der Waals surface area contributed by atoms with Gasteiger partial charge in [-0.3, -0.25) is 9.59 Å². The van der Waals surface area contributed by atoms with Crippen molar-refractivity contribution in [3.63, 3.8) is 0 Å². The van der Waals surface area contributed by atoms with E-state index >= 15 is 0 Å². The molecule has 0 spiro atoms. The first-order valence-electron chi connectivity index (χ1n) is 10.6. The first-order valence-corrected chi connectivity index (χ1v) is 10.6. The van der Waals surface area contributed by atoms with Crippen molar-refractivity contribution < 1.29 is 18.7 Å². The largest absolute Gasteiger partial charge is 0.496 e. The van der Waals surface area contributed by atoms with E-state index in [2.05, 4.69) is 34.6 Å². The second kappa shape index (κ2) is 11.8. The second-order valence-corrected chi connectivity index (χ2v) is 7.51. The topological polar surface area (TPSA) is 83.0 Å². The predicted octanol–water partition coefficient (Wildman–Crippen LogP) is 3.59. The first-order chi connectivity index (χ1) is 15.3. The maximum Gasteiger partial charge on any atom is 0.262 e. The molecule has 1 unspecified atom stereocenters. The van der Waals surface area contributed by atoms with Crippen LogP contribution < -0.4 is 20.4 Å². The molecule has 0 saturated heterocycles. The van der Waals surface area contributed by atoms with Crippen LogP contribution in [0.5, 0.6) is 5.75 Å². The molecule has 0 saturated carbocycles. The fourth-order valence-corrected chi connectivity index (χ4v) is 3.23. The van der Waals surface area contributed by atoms with Crippen LogP contribution in [0.2, 0.25) is 0 Å². The van der Waals surface area contributed by atoms with Crippen molar-refractivity contribution in [2.24, 2.45) is 11.0 Å². The number of benzene rings is 2. The Hall–Kier alpha value is -3.42. The Morgan fingerprint density at radius 1 is 1.16 bits per heavy atom. The van der Waals surface area contributed by atoms with Crippen LogP contribution in [0.3, 0.4) is 0 Å². The highest BCUT2D eigenvalue weighted by Crippen LogP contribution is 2.24. The SMILES string of the molecule is CCN(CC)c1ccc(C=NNC(=O)C(NC(=O)c2ccccc2F)C(C)C)c(OC)c1. The molecule has 2 aromatic rings. The van der Waals surface area contributed by atoms with E-state index in [0.717, 1.165) is 18.8 Å². The van der Waals surface area contributed by atoms with E-state index < -0.39 is 23.7 Å². The Kier molecular flexibility index (Phi) is 9.19. The number of methoxy groups -OCH3 is 1. The van der Waals surface area contributed by atoms with Crippen LogP contribution >= 0.6 is 0 Å². The van der Waals surface area contributed by atoms with E-state index in [1.165, 1.54) is 24.4 Å². The van der Waals surface area contributed by atoms with Crippen LogP contribution in [0.15, 0.2) is 47.6 Å². The van der Waals surface area contributed by atoms with Gasteiger partial charge in [-0.25, -0.2) is 9.82 Å². The Labute approximate surface area is 188 Å². The number of amides is 2. The summed E-state index contributed by atoms with van der Waals surface area (Å²) in [5.41, 5.74) is 4.06. The molecule has 0 aliphatic carbocycles. The van der Waals surface area contributed by atoms with Gasteiger partial charge in [0.2, 0.25) is 0 Å².